The zero-order valence-corrected chi connectivity index (χ0v) is 15.5. The fourth-order valence-corrected chi connectivity index (χ4v) is 2.79. The molecule has 0 unspecified atom stereocenters. The second kappa shape index (κ2) is 8.42. The van der Waals surface area contributed by atoms with Crippen LogP contribution in [-0.2, 0) is 5.41 Å². The van der Waals surface area contributed by atoms with Crippen molar-refractivity contribution < 1.29 is 17.3 Å². The van der Waals surface area contributed by atoms with Crippen LogP contribution in [0.4, 0.5) is 23.0 Å². The molecule has 0 N–H and O–H groups in total. The van der Waals surface area contributed by atoms with Crippen LogP contribution in [0.5, 0.6) is 0 Å². The van der Waals surface area contributed by atoms with Crippen LogP contribution >= 0.6 is 0 Å². The van der Waals surface area contributed by atoms with Gasteiger partial charge in [-0.3, -0.25) is 4.98 Å². The van der Waals surface area contributed by atoms with Crippen molar-refractivity contribution in [2.24, 2.45) is 0 Å². The molecule has 0 amide bonds. The highest BCUT2D eigenvalue weighted by Crippen LogP contribution is 2.33. The first kappa shape index (κ1) is 20.7. The summed E-state index contributed by atoms with van der Waals surface area (Å²) in [4.78, 5) is 6.39. The Kier molecular flexibility index (Phi) is 6.47. The highest BCUT2D eigenvalue weighted by molar-refractivity contribution is 6.50. The minimum absolute atomic E-state index is 0.138. The molecular weight excluding hydrogens is 355 g/mol. The lowest BCUT2D eigenvalue weighted by Gasteiger charge is -2.30. The van der Waals surface area contributed by atoms with E-state index in [1.54, 1.807) is 0 Å². The molecule has 3 rings (SSSR count). The van der Waals surface area contributed by atoms with E-state index in [0.717, 1.165) is 6.54 Å². The average molecular weight is 377 g/mol. The number of pyridine rings is 1. The molecule has 1 aromatic carbocycles. The fraction of sp³-hybridized carbons (Fsp3) is 0.250. The van der Waals surface area contributed by atoms with Gasteiger partial charge in [-0.1, -0.05) is 45.0 Å². The maximum atomic E-state index is 9.75. The Hall–Kier alpha value is -2.57. The van der Waals surface area contributed by atoms with Crippen LogP contribution < -0.4 is 4.90 Å². The summed E-state index contributed by atoms with van der Waals surface area (Å²) in [5, 5.41) is 0. The third-order valence-electron chi connectivity index (χ3n) is 3.98. The molecule has 1 aromatic heterocycles. The topological polar surface area (TPSA) is 16.1 Å². The highest BCUT2D eigenvalue weighted by atomic mass is 19.5. The van der Waals surface area contributed by atoms with Crippen LogP contribution in [-0.4, -0.2) is 18.8 Å². The molecule has 2 heterocycles. The average Bonchev–Trinajstić information content (AvgIpc) is 2.61. The number of aromatic nitrogens is 1. The summed E-state index contributed by atoms with van der Waals surface area (Å²) in [7, 11) is -6.00. The quantitative estimate of drug-likeness (QED) is 0.465. The molecule has 7 heteroatoms. The van der Waals surface area contributed by atoms with Crippen LogP contribution in [0.25, 0.3) is 5.57 Å². The Morgan fingerprint density at radius 3 is 2.07 bits per heavy atom. The van der Waals surface area contributed by atoms with Gasteiger partial charge in [-0.25, -0.2) is 0 Å². The number of hydrogen-bond donors (Lipinski definition) is 0. The van der Waals surface area contributed by atoms with E-state index in [0.29, 0.717) is 0 Å². The lowest BCUT2D eigenvalue weighted by Crippen LogP contribution is -2.23. The largest absolute Gasteiger partial charge is 0.673 e. The Bertz CT molecular complexity index is 803. The second-order valence-electron chi connectivity index (χ2n) is 7.13. The van der Waals surface area contributed by atoms with Crippen molar-refractivity contribution in [2.75, 3.05) is 11.4 Å². The van der Waals surface area contributed by atoms with Crippen molar-refractivity contribution in [3.8, 4) is 0 Å². The summed E-state index contributed by atoms with van der Waals surface area (Å²) in [6, 6.07) is 12.8. The Labute approximate surface area is 157 Å². The molecule has 1 aliphatic heterocycles. The summed E-state index contributed by atoms with van der Waals surface area (Å²) in [5.41, 5.74) is 5.28. The van der Waals surface area contributed by atoms with Crippen LogP contribution in [0, 0.1) is 0 Å². The predicted octanol–water partition coefficient (Wildman–Crippen LogP) is 6.10. The van der Waals surface area contributed by atoms with Crippen molar-refractivity contribution in [1.82, 2.24) is 4.98 Å². The Morgan fingerprint density at radius 2 is 1.56 bits per heavy atom. The Balaban J connectivity index is 0.000000465. The fourth-order valence-electron chi connectivity index (χ4n) is 2.79. The second-order valence-corrected chi connectivity index (χ2v) is 7.13. The van der Waals surface area contributed by atoms with Gasteiger partial charge >= 0.3 is 7.25 Å². The van der Waals surface area contributed by atoms with Crippen LogP contribution in [0.1, 0.15) is 31.9 Å². The van der Waals surface area contributed by atoms with Gasteiger partial charge in [0.15, 0.2) is 0 Å². The molecule has 144 valence electrons. The molecular formula is C20H22BF4N2-. The van der Waals surface area contributed by atoms with Gasteiger partial charge in [-0.2, -0.15) is 0 Å². The first-order chi connectivity index (χ1) is 12.6. The van der Waals surface area contributed by atoms with E-state index < -0.39 is 7.25 Å². The minimum atomic E-state index is -6.00. The lowest BCUT2D eigenvalue weighted by molar-refractivity contribution is 0.368. The summed E-state index contributed by atoms with van der Waals surface area (Å²) in [6.07, 6.45) is 10.3. The number of rotatable bonds is 2. The minimum Gasteiger partial charge on any atom is -0.418 e. The van der Waals surface area contributed by atoms with Gasteiger partial charge in [0.05, 0.1) is 0 Å². The molecule has 0 aliphatic carbocycles. The summed E-state index contributed by atoms with van der Waals surface area (Å²) in [5.74, 6) is 0. The van der Waals surface area contributed by atoms with Gasteiger partial charge in [0, 0.05) is 30.8 Å². The molecule has 0 radical (unpaired) electrons. The molecule has 1 aliphatic rings. The van der Waals surface area contributed by atoms with Gasteiger partial charge in [0.2, 0.25) is 0 Å². The zero-order valence-electron chi connectivity index (χ0n) is 15.5. The molecule has 0 fully saturated rings. The van der Waals surface area contributed by atoms with Gasteiger partial charge in [0.1, 0.15) is 0 Å². The van der Waals surface area contributed by atoms with E-state index in [4.69, 9.17) is 0 Å². The van der Waals surface area contributed by atoms with Gasteiger partial charge < -0.3 is 22.2 Å². The van der Waals surface area contributed by atoms with Crippen molar-refractivity contribution >= 4 is 18.5 Å². The van der Waals surface area contributed by atoms with Gasteiger partial charge in [-0.15, -0.1) is 0 Å². The standard InChI is InChI=1S/C20H22N2.BF4/c1-20(2,3)18-6-4-5-7-19(18)22-14-10-17(11-15-22)16-8-12-21-13-9-16;2-1(3,4)5/h4-14H,15H2,1-3H3;/q;-1. The number of benzene rings is 1. The molecule has 0 saturated heterocycles. The van der Waals surface area contributed by atoms with Gasteiger partial charge in [-0.05, 0) is 46.4 Å². The van der Waals surface area contributed by atoms with E-state index in [1.165, 1.54) is 22.4 Å². The summed E-state index contributed by atoms with van der Waals surface area (Å²) >= 11 is 0. The number of hydrogen-bond acceptors (Lipinski definition) is 2. The maximum Gasteiger partial charge on any atom is 0.673 e. The van der Waals surface area contributed by atoms with Crippen LogP contribution in [0.15, 0.2) is 67.1 Å². The van der Waals surface area contributed by atoms with E-state index in [2.05, 4.69) is 85.4 Å². The normalized spacial score (nSPS) is 14.3. The predicted molar refractivity (Wildman–Crippen MR) is 104 cm³/mol. The SMILES string of the molecule is CC(C)(C)c1ccccc1N1C=CC(c2ccncc2)=CC1.F[B-](F)(F)F. The molecule has 2 nitrogen and oxygen atoms in total. The monoisotopic (exact) mass is 377 g/mol. The van der Waals surface area contributed by atoms with Crippen LogP contribution in [0.2, 0.25) is 0 Å². The Morgan fingerprint density at radius 1 is 0.963 bits per heavy atom. The lowest BCUT2D eigenvalue weighted by atomic mass is 9.85. The maximum absolute atomic E-state index is 9.75. The third kappa shape index (κ3) is 6.59. The molecule has 0 atom stereocenters. The van der Waals surface area contributed by atoms with Crippen molar-refractivity contribution in [2.45, 2.75) is 26.2 Å². The van der Waals surface area contributed by atoms with Crippen LogP contribution in [0.3, 0.4) is 0 Å². The van der Waals surface area contributed by atoms with Crippen molar-refractivity contribution in [1.29, 1.82) is 0 Å². The smallest absolute Gasteiger partial charge is 0.418 e. The first-order valence-corrected chi connectivity index (χ1v) is 8.58. The number of anilines is 1. The molecule has 0 spiro atoms. The number of nitrogens with zero attached hydrogens (tertiary/aromatic N) is 2. The van der Waals surface area contributed by atoms with Gasteiger partial charge in [0.25, 0.3) is 0 Å². The molecule has 0 saturated carbocycles. The first-order valence-electron chi connectivity index (χ1n) is 8.58. The van der Waals surface area contributed by atoms with E-state index in [-0.39, 0.29) is 5.41 Å². The van der Waals surface area contributed by atoms with E-state index in [1.807, 2.05) is 12.4 Å². The molecule has 2 aromatic rings. The summed E-state index contributed by atoms with van der Waals surface area (Å²) in [6.45, 7) is 7.68. The number of allylic oxidation sites excluding steroid dienone is 2. The molecule has 27 heavy (non-hydrogen) atoms. The zero-order chi connectivity index (χ0) is 20.1. The number of para-hydroxylation sites is 1. The highest BCUT2D eigenvalue weighted by Gasteiger charge is 2.21. The third-order valence-corrected chi connectivity index (χ3v) is 3.98. The molecule has 0 bridgehead atoms. The van der Waals surface area contributed by atoms with Crippen molar-refractivity contribution in [3.63, 3.8) is 0 Å². The number of halogens is 4. The van der Waals surface area contributed by atoms with E-state index >= 15 is 0 Å². The summed E-state index contributed by atoms with van der Waals surface area (Å²) < 4.78 is 39.0. The van der Waals surface area contributed by atoms with Crippen molar-refractivity contribution in [3.05, 3.63) is 78.3 Å². The van der Waals surface area contributed by atoms with E-state index in [9.17, 15) is 17.3 Å².